The molecule has 0 bridgehead atoms. The van der Waals surface area contributed by atoms with Gasteiger partial charge in [0.2, 0.25) is 0 Å². The predicted octanol–water partition coefficient (Wildman–Crippen LogP) is 3.67. The molecule has 0 aromatic heterocycles. The second-order valence-electron chi connectivity index (χ2n) is 5.19. The molecule has 2 heteroatoms. The number of aliphatic hydroxyl groups is 1. The van der Waals surface area contributed by atoms with Gasteiger partial charge in [0, 0.05) is 5.02 Å². The summed E-state index contributed by atoms with van der Waals surface area (Å²) in [7, 11) is 0. The van der Waals surface area contributed by atoms with Crippen LogP contribution in [-0.2, 0) is 5.41 Å². The Morgan fingerprint density at radius 2 is 2.00 bits per heavy atom. The fourth-order valence-electron chi connectivity index (χ4n) is 2.90. The lowest BCUT2D eigenvalue weighted by Crippen LogP contribution is -2.14. The van der Waals surface area contributed by atoms with E-state index in [1.54, 1.807) is 0 Å². The first kappa shape index (κ1) is 11.0. The summed E-state index contributed by atoms with van der Waals surface area (Å²) in [5.74, 6) is 0. The summed E-state index contributed by atoms with van der Waals surface area (Å²) in [5, 5.41) is 10.9. The van der Waals surface area contributed by atoms with Crippen molar-refractivity contribution in [3.63, 3.8) is 0 Å². The van der Waals surface area contributed by atoms with Gasteiger partial charge in [-0.1, -0.05) is 25.4 Å². The molecule has 82 valence electrons. The molecule has 0 saturated carbocycles. The highest BCUT2D eigenvalue weighted by atomic mass is 35.5. The summed E-state index contributed by atoms with van der Waals surface area (Å²) >= 11 is 6.14. The zero-order valence-electron chi connectivity index (χ0n) is 9.69. The zero-order valence-corrected chi connectivity index (χ0v) is 10.4. The monoisotopic (exact) mass is 224 g/mol. The summed E-state index contributed by atoms with van der Waals surface area (Å²) < 4.78 is 0. The van der Waals surface area contributed by atoms with Gasteiger partial charge < -0.3 is 5.11 Å². The van der Waals surface area contributed by atoms with Crippen LogP contribution in [0.2, 0.25) is 5.02 Å². The van der Waals surface area contributed by atoms with E-state index in [-0.39, 0.29) is 11.5 Å². The van der Waals surface area contributed by atoms with Crippen LogP contribution >= 0.6 is 11.6 Å². The molecule has 0 fully saturated rings. The molecule has 1 aromatic carbocycles. The Hall–Kier alpha value is -0.530. The van der Waals surface area contributed by atoms with Gasteiger partial charge in [-0.05, 0) is 54.0 Å². The number of halogens is 1. The molecule has 1 aromatic rings. The molecule has 1 nitrogen and oxygen atoms in total. The lowest BCUT2D eigenvalue weighted by atomic mass is 9.83. The van der Waals surface area contributed by atoms with Crippen molar-refractivity contribution in [3.8, 4) is 0 Å². The maximum Gasteiger partial charge on any atom is 0.0804 e. The Labute approximate surface area is 96.1 Å². The smallest absolute Gasteiger partial charge is 0.0804 e. The summed E-state index contributed by atoms with van der Waals surface area (Å²) in [6, 6.07) is 2.01. The second kappa shape index (κ2) is 3.23. The average Bonchev–Trinajstić information content (AvgIpc) is 2.32. The molecule has 0 amide bonds. The Morgan fingerprint density at radius 1 is 1.40 bits per heavy atom. The van der Waals surface area contributed by atoms with Gasteiger partial charge in [-0.25, -0.2) is 0 Å². The van der Waals surface area contributed by atoms with Gasteiger partial charge >= 0.3 is 0 Å². The van der Waals surface area contributed by atoms with Crippen molar-refractivity contribution in [2.24, 2.45) is 0 Å². The van der Waals surface area contributed by atoms with Gasteiger partial charge in [0.05, 0.1) is 6.10 Å². The predicted molar refractivity (Wildman–Crippen MR) is 63.5 cm³/mol. The Balaban J connectivity index is 2.78. The molecule has 0 spiro atoms. The first-order valence-electron chi connectivity index (χ1n) is 5.33. The van der Waals surface area contributed by atoms with Crippen molar-refractivity contribution in [2.75, 3.05) is 0 Å². The van der Waals surface area contributed by atoms with Crippen LogP contribution in [-0.4, -0.2) is 5.11 Å². The number of rotatable bonds is 0. The van der Waals surface area contributed by atoms with Crippen LogP contribution < -0.4 is 0 Å². The first-order chi connectivity index (χ1) is 6.84. The molecule has 1 N–H and O–H groups in total. The van der Waals surface area contributed by atoms with Crippen molar-refractivity contribution in [2.45, 2.75) is 45.6 Å². The molecular formula is C13H17ClO. The molecule has 1 aliphatic rings. The summed E-state index contributed by atoms with van der Waals surface area (Å²) in [6.07, 6.45) is 0.442. The van der Waals surface area contributed by atoms with Gasteiger partial charge in [-0.3, -0.25) is 0 Å². The largest absolute Gasteiger partial charge is 0.388 e. The van der Waals surface area contributed by atoms with Crippen LogP contribution in [0.3, 0.4) is 0 Å². The Bertz CT molecular complexity index is 421. The molecule has 2 rings (SSSR count). The number of fused-ring (bicyclic) bond motifs is 1. The van der Waals surface area contributed by atoms with Gasteiger partial charge in [0.25, 0.3) is 0 Å². The van der Waals surface area contributed by atoms with Crippen molar-refractivity contribution in [1.29, 1.82) is 0 Å². The molecule has 15 heavy (non-hydrogen) atoms. The quantitative estimate of drug-likeness (QED) is 0.713. The second-order valence-corrected chi connectivity index (χ2v) is 5.60. The number of hydrogen-bond acceptors (Lipinski definition) is 1. The minimum absolute atomic E-state index is 0.0637. The van der Waals surface area contributed by atoms with E-state index in [9.17, 15) is 5.11 Å². The topological polar surface area (TPSA) is 20.2 Å². The zero-order chi connectivity index (χ0) is 11.4. The third-order valence-corrected chi connectivity index (χ3v) is 3.88. The first-order valence-corrected chi connectivity index (χ1v) is 5.70. The van der Waals surface area contributed by atoms with E-state index in [1.165, 1.54) is 11.1 Å². The van der Waals surface area contributed by atoms with Crippen molar-refractivity contribution >= 4 is 11.6 Å². The summed E-state index contributed by atoms with van der Waals surface area (Å²) in [6.45, 7) is 8.43. The summed E-state index contributed by atoms with van der Waals surface area (Å²) in [5.41, 5.74) is 4.65. The van der Waals surface area contributed by atoms with E-state index in [4.69, 9.17) is 11.6 Å². The summed E-state index contributed by atoms with van der Waals surface area (Å²) in [4.78, 5) is 0. The number of benzene rings is 1. The van der Waals surface area contributed by atoms with Crippen LogP contribution in [0, 0.1) is 13.8 Å². The van der Waals surface area contributed by atoms with Crippen molar-refractivity contribution < 1.29 is 5.11 Å². The fourth-order valence-corrected chi connectivity index (χ4v) is 3.17. The molecular weight excluding hydrogens is 208 g/mol. The Kier molecular flexibility index (Phi) is 2.36. The molecule has 0 aliphatic heterocycles. The van der Waals surface area contributed by atoms with Gasteiger partial charge in [-0.15, -0.1) is 0 Å². The SMILES string of the molecule is Cc1cc(Cl)c(C)c2c1C(C)(C)C[C@@H]2O. The maximum absolute atomic E-state index is 10.1. The van der Waals surface area contributed by atoms with Gasteiger partial charge in [0.1, 0.15) is 0 Å². The lowest BCUT2D eigenvalue weighted by molar-refractivity contribution is 0.161. The standard InChI is InChI=1S/C13H17ClO/c1-7-5-9(14)8(2)11-10(15)6-13(3,4)12(7)11/h5,10,15H,6H2,1-4H3/t10-/m0/s1. The third-order valence-electron chi connectivity index (χ3n) is 3.48. The van der Waals surface area contributed by atoms with E-state index < -0.39 is 0 Å². The Morgan fingerprint density at radius 3 is 2.60 bits per heavy atom. The van der Waals surface area contributed by atoms with E-state index in [0.29, 0.717) is 0 Å². The third kappa shape index (κ3) is 1.49. The highest BCUT2D eigenvalue weighted by Gasteiger charge is 2.38. The van der Waals surface area contributed by atoms with Crippen molar-refractivity contribution in [1.82, 2.24) is 0 Å². The van der Waals surface area contributed by atoms with Crippen LogP contribution in [0.25, 0.3) is 0 Å². The molecule has 0 heterocycles. The minimum Gasteiger partial charge on any atom is -0.388 e. The fraction of sp³-hybridized carbons (Fsp3) is 0.538. The number of aliphatic hydroxyl groups excluding tert-OH is 1. The number of hydrogen-bond donors (Lipinski definition) is 1. The highest BCUT2D eigenvalue weighted by Crippen LogP contribution is 2.48. The van der Waals surface area contributed by atoms with Crippen LogP contribution in [0.15, 0.2) is 6.07 Å². The van der Waals surface area contributed by atoms with E-state index in [1.807, 2.05) is 13.0 Å². The molecule has 1 aliphatic carbocycles. The van der Waals surface area contributed by atoms with Crippen LogP contribution in [0.5, 0.6) is 0 Å². The van der Waals surface area contributed by atoms with E-state index >= 15 is 0 Å². The van der Waals surface area contributed by atoms with Crippen LogP contribution in [0.4, 0.5) is 0 Å². The molecule has 0 saturated heterocycles. The van der Waals surface area contributed by atoms with E-state index in [2.05, 4.69) is 20.8 Å². The van der Waals surface area contributed by atoms with Crippen molar-refractivity contribution in [3.05, 3.63) is 33.3 Å². The van der Waals surface area contributed by atoms with E-state index in [0.717, 1.165) is 22.6 Å². The lowest BCUT2D eigenvalue weighted by Gasteiger charge is -2.21. The average molecular weight is 225 g/mol. The molecule has 0 unspecified atom stereocenters. The maximum atomic E-state index is 10.1. The number of aryl methyl sites for hydroxylation is 1. The highest BCUT2D eigenvalue weighted by molar-refractivity contribution is 6.31. The molecule has 0 radical (unpaired) electrons. The normalized spacial score (nSPS) is 22.9. The van der Waals surface area contributed by atoms with Gasteiger partial charge in [-0.2, -0.15) is 0 Å². The van der Waals surface area contributed by atoms with Gasteiger partial charge in [0.15, 0.2) is 0 Å². The molecule has 1 atom stereocenters. The minimum atomic E-state index is -0.354. The van der Waals surface area contributed by atoms with Crippen LogP contribution in [0.1, 0.15) is 48.6 Å².